The van der Waals surface area contributed by atoms with E-state index in [4.69, 9.17) is 16.6 Å². The van der Waals surface area contributed by atoms with Gasteiger partial charge < -0.3 is 4.57 Å². The second kappa shape index (κ2) is 7.59. The van der Waals surface area contributed by atoms with Crippen LogP contribution in [0.4, 0.5) is 0 Å². The van der Waals surface area contributed by atoms with E-state index in [1.807, 2.05) is 12.1 Å². The highest BCUT2D eigenvalue weighted by Crippen LogP contribution is 2.66. The van der Waals surface area contributed by atoms with Crippen LogP contribution in [0.25, 0.3) is 11.0 Å². The van der Waals surface area contributed by atoms with Gasteiger partial charge in [0.25, 0.3) is 0 Å². The topological polar surface area (TPSA) is 21.1 Å². The fourth-order valence-corrected chi connectivity index (χ4v) is 7.40. The molecule has 0 saturated carbocycles. The van der Waals surface area contributed by atoms with Gasteiger partial charge in [-0.15, -0.1) is 0 Å². The Labute approximate surface area is 217 Å². The third kappa shape index (κ3) is 3.30. The molecular weight excluding hydrogens is 450 g/mol. The molecule has 0 unspecified atom stereocenters. The first-order valence-corrected chi connectivity index (χ1v) is 13.3. The van der Waals surface area contributed by atoms with E-state index >= 15 is 0 Å². The Morgan fingerprint density at radius 2 is 1.17 bits per heavy atom. The Morgan fingerprint density at radius 1 is 0.686 bits per heavy atom. The van der Waals surface area contributed by atoms with Gasteiger partial charge in [-0.25, -0.2) is 4.98 Å². The van der Waals surface area contributed by atoms with Gasteiger partial charge in [0.1, 0.15) is 5.82 Å². The second-order valence-electron chi connectivity index (χ2n) is 13.6. The van der Waals surface area contributed by atoms with Crippen molar-refractivity contribution in [1.29, 1.82) is 0 Å². The molecule has 0 atom stereocenters. The predicted molar refractivity (Wildman–Crippen MR) is 150 cm³/mol. The molecule has 1 aliphatic rings. The van der Waals surface area contributed by atoms with E-state index in [0.717, 1.165) is 21.9 Å². The molecule has 3 nitrogen and oxygen atoms in total. The molecule has 1 saturated heterocycles. The van der Waals surface area contributed by atoms with Gasteiger partial charge in [0.2, 0.25) is 0 Å². The molecule has 4 rings (SSSR count). The van der Waals surface area contributed by atoms with Crippen LogP contribution in [0.1, 0.15) is 94.5 Å². The molecule has 0 N–H and O–H groups in total. The SMILES string of the molecule is CC(C)(c1nc2ccccc2n1C(C)(C)c1ccc(Cl)cc1)N1C(C)(C)C(C)(C)C(C)(C)C1(C)C. The zero-order valence-corrected chi connectivity index (χ0v) is 24.6. The van der Waals surface area contributed by atoms with Gasteiger partial charge >= 0.3 is 0 Å². The third-order valence-electron chi connectivity index (χ3n) is 10.5. The molecule has 0 radical (unpaired) electrons. The Balaban J connectivity index is 2.03. The van der Waals surface area contributed by atoms with Crippen molar-refractivity contribution in [2.45, 2.75) is 105 Å². The fourth-order valence-electron chi connectivity index (χ4n) is 7.27. The van der Waals surface area contributed by atoms with Crippen molar-refractivity contribution < 1.29 is 0 Å². The number of aromatic nitrogens is 2. The minimum atomic E-state index is -0.346. The first kappa shape index (κ1) is 26.2. The van der Waals surface area contributed by atoms with E-state index in [1.54, 1.807) is 0 Å². The van der Waals surface area contributed by atoms with E-state index in [1.165, 1.54) is 5.56 Å². The molecular formula is C31H44ClN3. The number of hydrogen-bond acceptors (Lipinski definition) is 2. The molecule has 0 bridgehead atoms. The van der Waals surface area contributed by atoms with Gasteiger partial charge in [-0.1, -0.05) is 63.6 Å². The van der Waals surface area contributed by atoms with Crippen LogP contribution in [-0.2, 0) is 11.1 Å². The van der Waals surface area contributed by atoms with Crippen molar-refractivity contribution in [2.75, 3.05) is 0 Å². The zero-order valence-electron chi connectivity index (χ0n) is 23.8. The molecule has 35 heavy (non-hydrogen) atoms. The normalized spacial score (nSPS) is 21.5. The molecule has 190 valence electrons. The van der Waals surface area contributed by atoms with Crippen LogP contribution < -0.4 is 0 Å². The zero-order chi connectivity index (χ0) is 26.4. The maximum atomic E-state index is 6.26. The largest absolute Gasteiger partial charge is 0.317 e. The van der Waals surface area contributed by atoms with Gasteiger partial charge in [0, 0.05) is 16.1 Å². The van der Waals surface area contributed by atoms with Crippen molar-refractivity contribution in [1.82, 2.24) is 14.5 Å². The second-order valence-corrected chi connectivity index (χ2v) is 14.0. The lowest BCUT2D eigenvalue weighted by atomic mass is 9.57. The quantitative estimate of drug-likeness (QED) is 0.362. The van der Waals surface area contributed by atoms with Gasteiger partial charge in [0.05, 0.1) is 22.1 Å². The Kier molecular flexibility index (Phi) is 5.68. The van der Waals surface area contributed by atoms with Gasteiger partial charge in [-0.2, -0.15) is 0 Å². The number of rotatable bonds is 4. The standard InChI is InChI=1S/C31H44ClN3/c1-26(2,21-17-19-22(32)20-18-21)34-24-16-14-13-15-23(24)33-25(34)27(3,4)35-30(9,10)28(5,6)29(7,8)31(35,11)12/h13-20H,1-12H3. The number of hydrogen-bond donors (Lipinski definition) is 0. The van der Waals surface area contributed by atoms with E-state index < -0.39 is 0 Å². The third-order valence-corrected chi connectivity index (χ3v) is 10.8. The van der Waals surface area contributed by atoms with Gasteiger partial charge in [0.15, 0.2) is 0 Å². The number of imidazole rings is 1. The average molecular weight is 494 g/mol. The highest BCUT2D eigenvalue weighted by atomic mass is 35.5. The van der Waals surface area contributed by atoms with Gasteiger partial charge in [-0.3, -0.25) is 4.90 Å². The van der Waals surface area contributed by atoms with Crippen LogP contribution in [0.2, 0.25) is 5.02 Å². The minimum absolute atomic E-state index is 0.0725. The molecule has 2 aromatic carbocycles. The van der Waals surface area contributed by atoms with Crippen molar-refractivity contribution in [2.24, 2.45) is 10.8 Å². The summed E-state index contributed by atoms with van der Waals surface area (Å²) in [5.74, 6) is 1.09. The van der Waals surface area contributed by atoms with Crippen LogP contribution in [0.15, 0.2) is 48.5 Å². The number of halogens is 1. The molecule has 4 heteroatoms. The summed E-state index contributed by atoms with van der Waals surface area (Å²) in [4.78, 5) is 8.11. The molecule has 0 aliphatic carbocycles. The summed E-state index contributed by atoms with van der Waals surface area (Å²) in [6, 6.07) is 16.8. The van der Waals surface area contributed by atoms with E-state index in [0.29, 0.717) is 0 Å². The number of nitrogens with zero attached hydrogens (tertiary/aromatic N) is 3. The molecule has 3 aromatic rings. The van der Waals surface area contributed by atoms with Crippen molar-refractivity contribution in [3.63, 3.8) is 0 Å². The lowest BCUT2D eigenvalue weighted by Crippen LogP contribution is -2.61. The first-order chi connectivity index (χ1) is 15.8. The van der Waals surface area contributed by atoms with Crippen molar-refractivity contribution in [3.8, 4) is 0 Å². The lowest BCUT2D eigenvalue weighted by Gasteiger charge is -2.53. The first-order valence-electron chi connectivity index (χ1n) is 12.9. The lowest BCUT2D eigenvalue weighted by molar-refractivity contribution is -0.0534. The van der Waals surface area contributed by atoms with Crippen molar-refractivity contribution >= 4 is 22.6 Å². The summed E-state index contributed by atoms with van der Waals surface area (Å²) >= 11 is 6.26. The smallest absolute Gasteiger partial charge is 0.130 e. The fraction of sp³-hybridized carbons (Fsp3) is 0.581. The molecule has 1 fully saturated rings. The summed E-state index contributed by atoms with van der Waals surface area (Å²) < 4.78 is 2.47. The number of likely N-dealkylation sites (tertiary alicyclic amines) is 1. The predicted octanol–water partition coefficient (Wildman–Crippen LogP) is 8.63. The average Bonchev–Trinajstić information content (AvgIpc) is 3.17. The molecule has 0 spiro atoms. The summed E-state index contributed by atoms with van der Waals surface area (Å²) in [6.07, 6.45) is 0. The Morgan fingerprint density at radius 3 is 1.69 bits per heavy atom. The molecule has 0 amide bonds. The van der Waals surface area contributed by atoms with Gasteiger partial charge in [-0.05, 0) is 96.0 Å². The van der Waals surface area contributed by atoms with E-state index in [2.05, 4.69) is 129 Å². The van der Waals surface area contributed by atoms with Crippen molar-refractivity contribution in [3.05, 3.63) is 64.9 Å². The number of para-hydroxylation sites is 2. The Hall–Kier alpha value is -1.84. The molecule has 1 aromatic heterocycles. The summed E-state index contributed by atoms with van der Waals surface area (Å²) in [7, 11) is 0. The van der Waals surface area contributed by atoms with Crippen LogP contribution in [0.3, 0.4) is 0 Å². The number of fused-ring (bicyclic) bond motifs is 1. The molecule has 2 heterocycles. The summed E-state index contributed by atoms with van der Waals surface area (Å²) in [5.41, 5.74) is 2.73. The maximum absolute atomic E-state index is 6.26. The Bertz CT molecular complexity index is 1230. The minimum Gasteiger partial charge on any atom is -0.317 e. The van der Waals surface area contributed by atoms with Crippen LogP contribution in [-0.4, -0.2) is 25.5 Å². The monoisotopic (exact) mass is 493 g/mol. The molecule has 1 aliphatic heterocycles. The van der Waals surface area contributed by atoms with E-state index in [-0.39, 0.29) is 33.0 Å². The highest BCUT2D eigenvalue weighted by molar-refractivity contribution is 6.30. The summed E-state index contributed by atoms with van der Waals surface area (Å²) in [5, 5.41) is 0.755. The summed E-state index contributed by atoms with van der Waals surface area (Å²) in [6.45, 7) is 28.7. The van der Waals surface area contributed by atoms with Crippen LogP contribution >= 0.6 is 11.6 Å². The maximum Gasteiger partial charge on any atom is 0.130 e. The highest BCUT2D eigenvalue weighted by Gasteiger charge is 2.70. The number of benzene rings is 2. The van der Waals surface area contributed by atoms with Crippen LogP contribution in [0.5, 0.6) is 0 Å². The van der Waals surface area contributed by atoms with E-state index in [9.17, 15) is 0 Å². The van der Waals surface area contributed by atoms with Crippen LogP contribution in [0, 0.1) is 10.8 Å².